The summed E-state index contributed by atoms with van der Waals surface area (Å²) in [4.78, 5) is 37.7. The Labute approximate surface area is 278 Å². The summed E-state index contributed by atoms with van der Waals surface area (Å²) in [6, 6.07) is 0. The number of hydrogen-bond acceptors (Lipinski definition) is 6. The van der Waals surface area contributed by atoms with Crippen LogP contribution in [0.2, 0.25) is 0 Å². The fraction of sp³-hybridized carbons (Fsp3) is 0.825. The number of Topliss-reactive ketones (excluding diaryl/α,β-unsaturated/α-hetero) is 1. The van der Waals surface area contributed by atoms with E-state index in [1.165, 1.54) is 18.4 Å². The first-order chi connectivity index (χ1) is 22.1. The highest BCUT2D eigenvalue weighted by atomic mass is 16.5. The second-order valence-electron chi connectivity index (χ2n) is 16.2. The molecule has 0 bridgehead atoms. The fourth-order valence-corrected chi connectivity index (χ4v) is 10.6. The number of unbranched alkanes of at least 4 members (excludes halogenated alkanes) is 6. The Bertz CT molecular complexity index is 1140. The van der Waals surface area contributed by atoms with Crippen LogP contribution in [0.3, 0.4) is 0 Å². The molecule has 0 saturated heterocycles. The minimum atomic E-state index is -0.644. The van der Waals surface area contributed by atoms with Crippen molar-refractivity contribution in [2.45, 2.75) is 167 Å². The summed E-state index contributed by atoms with van der Waals surface area (Å²) in [5.41, 5.74) is 1.66. The van der Waals surface area contributed by atoms with E-state index in [0.29, 0.717) is 36.4 Å². The van der Waals surface area contributed by atoms with E-state index in [1.807, 2.05) is 12.2 Å². The van der Waals surface area contributed by atoms with E-state index >= 15 is 0 Å². The Morgan fingerprint density at radius 2 is 1.76 bits per heavy atom. The van der Waals surface area contributed by atoms with Crippen molar-refractivity contribution in [3.63, 3.8) is 0 Å². The van der Waals surface area contributed by atoms with Gasteiger partial charge in [0.2, 0.25) is 0 Å². The fourth-order valence-electron chi connectivity index (χ4n) is 10.6. The first-order valence-corrected chi connectivity index (χ1v) is 19.1. The van der Waals surface area contributed by atoms with E-state index in [-0.39, 0.29) is 46.9 Å². The number of fused-ring (bicyclic) bond motifs is 5. The average Bonchev–Trinajstić information content (AvgIpc) is 3.49. The molecule has 0 radical (unpaired) electrons. The number of allylic oxidation sites excluding steroid dienone is 1. The van der Waals surface area contributed by atoms with Gasteiger partial charge in [0, 0.05) is 36.5 Å². The summed E-state index contributed by atoms with van der Waals surface area (Å²) in [7, 11) is 0. The molecule has 6 nitrogen and oxygen atoms in total. The maximum Gasteiger partial charge on any atom is 0.306 e. The van der Waals surface area contributed by atoms with Crippen LogP contribution in [0.1, 0.15) is 149 Å². The lowest BCUT2D eigenvalue weighted by molar-refractivity contribution is -0.160. The SMILES string of the molecule is CCCCCC(O)/C=C/C1C(O)CC(=O)[C@@H]1CCCCCCCC(=O)OC1CCC2C3CCC4=CC(=O)CCC4(C)C3CCC12C. The van der Waals surface area contributed by atoms with Crippen molar-refractivity contribution in [2.24, 2.45) is 40.4 Å². The molecule has 0 aliphatic heterocycles. The van der Waals surface area contributed by atoms with Crippen LogP contribution in [-0.4, -0.2) is 46.1 Å². The van der Waals surface area contributed by atoms with Gasteiger partial charge in [0.25, 0.3) is 0 Å². The quantitative estimate of drug-likeness (QED) is 0.106. The molecule has 9 unspecified atom stereocenters. The van der Waals surface area contributed by atoms with Gasteiger partial charge in [-0.25, -0.2) is 0 Å². The van der Waals surface area contributed by atoms with Gasteiger partial charge in [-0.2, -0.15) is 0 Å². The number of hydrogen-bond donors (Lipinski definition) is 2. The Hall–Kier alpha value is -1.79. The summed E-state index contributed by atoms with van der Waals surface area (Å²) in [5.74, 6) is 2.01. The summed E-state index contributed by atoms with van der Waals surface area (Å²) in [6.07, 6.45) is 23.1. The zero-order valence-electron chi connectivity index (χ0n) is 29.0. The summed E-state index contributed by atoms with van der Waals surface area (Å²) in [6.45, 7) is 6.96. The second kappa shape index (κ2) is 15.6. The van der Waals surface area contributed by atoms with E-state index < -0.39 is 12.2 Å². The molecule has 6 heteroatoms. The van der Waals surface area contributed by atoms with E-state index in [4.69, 9.17) is 4.74 Å². The summed E-state index contributed by atoms with van der Waals surface area (Å²) in [5, 5.41) is 20.7. The van der Waals surface area contributed by atoms with Crippen molar-refractivity contribution in [3.8, 4) is 0 Å². The molecule has 0 aromatic heterocycles. The van der Waals surface area contributed by atoms with Gasteiger partial charge in [0.15, 0.2) is 5.78 Å². The normalized spacial score (nSPS) is 37.9. The van der Waals surface area contributed by atoms with Gasteiger partial charge in [0.05, 0.1) is 12.2 Å². The number of ether oxygens (including phenoxy) is 1. The van der Waals surface area contributed by atoms with Crippen molar-refractivity contribution in [1.29, 1.82) is 0 Å². The number of carbonyl (C=O) groups excluding carboxylic acids is 3. The third kappa shape index (κ3) is 7.74. The predicted molar refractivity (Wildman–Crippen MR) is 181 cm³/mol. The third-order valence-electron chi connectivity index (χ3n) is 13.4. The van der Waals surface area contributed by atoms with Crippen molar-refractivity contribution in [1.82, 2.24) is 0 Å². The van der Waals surface area contributed by atoms with Crippen LogP contribution < -0.4 is 0 Å². The van der Waals surface area contributed by atoms with Crippen LogP contribution in [-0.2, 0) is 19.1 Å². The molecule has 0 heterocycles. The third-order valence-corrected chi connectivity index (χ3v) is 13.4. The molecule has 258 valence electrons. The van der Waals surface area contributed by atoms with E-state index in [2.05, 4.69) is 20.8 Å². The van der Waals surface area contributed by atoms with Crippen molar-refractivity contribution >= 4 is 17.5 Å². The maximum absolute atomic E-state index is 13.0. The van der Waals surface area contributed by atoms with E-state index in [1.54, 1.807) is 6.08 Å². The summed E-state index contributed by atoms with van der Waals surface area (Å²) >= 11 is 0. The zero-order chi connectivity index (χ0) is 32.9. The van der Waals surface area contributed by atoms with Gasteiger partial charge >= 0.3 is 5.97 Å². The topological polar surface area (TPSA) is 101 Å². The smallest absolute Gasteiger partial charge is 0.306 e. The van der Waals surface area contributed by atoms with Crippen LogP contribution in [0.4, 0.5) is 0 Å². The van der Waals surface area contributed by atoms with Crippen LogP contribution in [0, 0.1) is 40.4 Å². The molecule has 0 spiro atoms. The number of aliphatic hydroxyl groups is 2. The van der Waals surface area contributed by atoms with Crippen LogP contribution in [0.5, 0.6) is 0 Å². The van der Waals surface area contributed by atoms with Crippen molar-refractivity contribution < 1.29 is 29.3 Å². The number of aliphatic hydroxyl groups excluding tert-OH is 2. The molecule has 0 aromatic rings. The molecule has 4 saturated carbocycles. The molecule has 46 heavy (non-hydrogen) atoms. The largest absolute Gasteiger partial charge is 0.462 e. The van der Waals surface area contributed by atoms with Gasteiger partial charge in [-0.05, 0) is 93.5 Å². The lowest BCUT2D eigenvalue weighted by Gasteiger charge is -2.57. The first kappa shape index (κ1) is 35.5. The molecule has 10 atom stereocenters. The van der Waals surface area contributed by atoms with Crippen LogP contribution >= 0.6 is 0 Å². The Balaban J connectivity index is 0.998. The van der Waals surface area contributed by atoms with Gasteiger partial charge < -0.3 is 14.9 Å². The maximum atomic E-state index is 13.0. The standard InChI is InChI=1S/C40H62O6/c1-4-5-9-12-28(41)16-18-31-30(35(43)26-36(31)44)13-10-7-6-8-11-14-38(45)46-37-20-19-33-32-17-15-27-25-29(42)21-23-39(27,2)34(32)22-24-40(33,37)3/h16,18,25,28,30-34,36-37,41,44H,4-15,17,19-24,26H2,1-3H3/b18-16+/t28?,30-,31?,32?,33?,34?,36?,37?,39?,40?/m1/s1. The minimum Gasteiger partial charge on any atom is -0.462 e. The molecule has 0 amide bonds. The van der Waals surface area contributed by atoms with Gasteiger partial charge in [0.1, 0.15) is 11.9 Å². The lowest BCUT2D eigenvalue weighted by atomic mass is 9.47. The molecule has 5 rings (SSSR count). The molecular formula is C40H62O6. The van der Waals surface area contributed by atoms with Gasteiger partial charge in [-0.15, -0.1) is 0 Å². The zero-order valence-corrected chi connectivity index (χ0v) is 29.0. The predicted octanol–water partition coefficient (Wildman–Crippen LogP) is 8.22. The molecule has 5 aliphatic carbocycles. The highest BCUT2D eigenvalue weighted by Gasteiger charge is 2.60. The van der Waals surface area contributed by atoms with Gasteiger partial charge in [-0.3, -0.25) is 14.4 Å². The second-order valence-corrected chi connectivity index (χ2v) is 16.2. The Morgan fingerprint density at radius 1 is 0.978 bits per heavy atom. The Morgan fingerprint density at radius 3 is 2.57 bits per heavy atom. The molecule has 2 N–H and O–H groups in total. The molecular weight excluding hydrogens is 576 g/mol. The number of carbonyl (C=O) groups is 3. The van der Waals surface area contributed by atoms with Crippen molar-refractivity contribution in [3.05, 3.63) is 23.8 Å². The molecule has 5 aliphatic rings. The first-order valence-electron chi connectivity index (χ1n) is 19.1. The Kier molecular flexibility index (Phi) is 12.1. The number of rotatable bonds is 15. The highest BCUT2D eigenvalue weighted by Crippen LogP contribution is 2.65. The van der Waals surface area contributed by atoms with Crippen molar-refractivity contribution in [2.75, 3.05) is 0 Å². The monoisotopic (exact) mass is 638 g/mol. The summed E-state index contributed by atoms with van der Waals surface area (Å²) < 4.78 is 6.22. The van der Waals surface area contributed by atoms with E-state index in [0.717, 1.165) is 96.3 Å². The number of ketones is 2. The molecule has 4 fully saturated rings. The van der Waals surface area contributed by atoms with Crippen LogP contribution in [0.15, 0.2) is 23.8 Å². The van der Waals surface area contributed by atoms with Gasteiger partial charge in [-0.1, -0.05) is 83.4 Å². The lowest BCUT2D eigenvalue weighted by Crippen LogP contribution is -2.51. The minimum absolute atomic E-state index is 0.0300. The van der Waals surface area contributed by atoms with Crippen LogP contribution in [0.25, 0.3) is 0 Å². The number of esters is 1. The molecule has 0 aromatic carbocycles. The highest BCUT2D eigenvalue weighted by molar-refractivity contribution is 5.91. The average molecular weight is 639 g/mol. The van der Waals surface area contributed by atoms with E-state index in [9.17, 15) is 24.6 Å².